The number of halogens is 1. The molecule has 0 spiro atoms. The van der Waals surface area contributed by atoms with E-state index >= 15 is 0 Å². The maximum atomic E-state index is 13.7. The fourth-order valence-corrected chi connectivity index (χ4v) is 1.88. The highest BCUT2D eigenvalue weighted by atomic mass is 19.1. The maximum absolute atomic E-state index is 13.7. The van der Waals surface area contributed by atoms with Gasteiger partial charge in [0, 0.05) is 13.1 Å². The molecule has 0 aromatic heterocycles. The van der Waals surface area contributed by atoms with E-state index in [0.717, 1.165) is 0 Å². The van der Waals surface area contributed by atoms with Crippen LogP contribution in [0.15, 0.2) is 18.2 Å². The lowest BCUT2D eigenvalue weighted by molar-refractivity contribution is 0.196. The van der Waals surface area contributed by atoms with Crippen LogP contribution in [0.25, 0.3) is 0 Å². The molecule has 19 heavy (non-hydrogen) atoms. The SMILES string of the molecule is CC(O)c1ccc(OCCN2CCNC2=O)c(F)c1. The molecular weight excluding hydrogens is 251 g/mol. The average Bonchev–Trinajstić information content (AvgIpc) is 2.77. The Hall–Kier alpha value is -1.82. The number of amides is 2. The highest BCUT2D eigenvalue weighted by Crippen LogP contribution is 2.21. The molecule has 1 aliphatic heterocycles. The van der Waals surface area contributed by atoms with Crippen LogP contribution in [0.2, 0.25) is 0 Å². The summed E-state index contributed by atoms with van der Waals surface area (Å²) in [5.41, 5.74) is 0.503. The van der Waals surface area contributed by atoms with Crippen molar-refractivity contribution >= 4 is 6.03 Å². The molecule has 1 saturated heterocycles. The minimum absolute atomic E-state index is 0.117. The predicted octanol–water partition coefficient (Wildman–Crippen LogP) is 1.28. The average molecular weight is 268 g/mol. The van der Waals surface area contributed by atoms with Crippen LogP contribution < -0.4 is 10.1 Å². The number of aliphatic hydroxyl groups is 1. The Balaban J connectivity index is 1.87. The summed E-state index contributed by atoms with van der Waals surface area (Å²) in [5.74, 6) is -0.381. The van der Waals surface area contributed by atoms with E-state index < -0.39 is 11.9 Å². The van der Waals surface area contributed by atoms with E-state index in [9.17, 15) is 14.3 Å². The summed E-state index contributed by atoms with van der Waals surface area (Å²) < 4.78 is 19.0. The Morgan fingerprint density at radius 3 is 2.95 bits per heavy atom. The standard InChI is InChI=1S/C13H17FN2O3/c1-9(17)10-2-3-12(11(14)8-10)19-7-6-16-5-4-15-13(16)18/h2-3,8-9,17H,4-7H2,1H3,(H,15,18). The monoisotopic (exact) mass is 268 g/mol. The molecular formula is C13H17FN2O3. The largest absolute Gasteiger partial charge is 0.489 e. The number of carbonyl (C=O) groups excluding carboxylic acids is 1. The van der Waals surface area contributed by atoms with Gasteiger partial charge in [-0.2, -0.15) is 0 Å². The highest BCUT2D eigenvalue weighted by Gasteiger charge is 2.18. The minimum Gasteiger partial charge on any atom is -0.489 e. The molecule has 1 aromatic rings. The number of nitrogens with zero attached hydrogens (tertiary/aromatic N) is 1. The number of carbonyl (C=O) groups is 1. The molecule has 2 N–H and O–H groups in total. The zero-order chi connectivity index (χ0) is 13.8. The minimum atomic E-state index is -0.711. The van der Waals surface area contributed by atoms with Crippen molar-refractivity contribution in [1.82, 2.24) is 10.2 Å². The molecule has 1 fully saturated rings. The molecule has 0 aliphatic carbocycles. The number of rotatable bonds is 5. The van der Waals surface area contributed by atoms with Crippen LogP contribution in [0.3, 0.4) is 0 Å². The molecule has 1 heterocycles. The van der Waals surface area contributed by atoms with E-state index in [-0.39, 0.29) is 18.4 Å². The molecule has 2 amide bonds. The molecule has 0 saturated carbocycles. The first-order valence-electron chi connectivity index (χ1n) is 6.21. The van der Waals surface area contributed by atoms with Gasteiger partial charge in [-0.1, -0.05) is 6.07 Å². The van der Waals surface area contributed by atoms with Crippen molar-refractivity contribution in [1.29, 1.82) is 0 Å². The summed E-state index contributed by atoms with van der Waals surface area (Å²) in [4.78, 5) is 12.9. The second-order valence-corrected chi connectivity index (χ2v) is 4.43. The number of nitrogens with one attached hydrogen (secondary N) is 1. The lowest BCUT2D eigenvalue weighted by Crippen LogP contribution is -2.31. The Kier molecular flexibility index (Phi) is 4.21. The summed E-state index contributed by atoms with van der Waals surface area (Å²) in [6.07, 6.45) is -0.711. The molecule has 0 radical (unpaired) electrons. The number of ether oxygens (including phenoxy) is 1. The van der Waals surface area contributed by atoms with E-state index in [1.165, 1.54) is 12.1 Å². The molecule has 1 aliphatic rings. The van der Waals surface area contributed by atoms with Crippen molar-refractivity contribution < 1.29 is 19.0 Å². The fraction of sp³-hybridized carbons (Fsp3) is 0.462. The van der Waals surface area contributed by atoms with Crippen LogP contribution in [-0.4, -0.2) is 42.3 Å². The zero-order valence-electron chi connectivity index (χ0n) is 10.7. The van der Waals surface area contributed by atoms with E-state index in [2.05, 4.69) is 5.32 Å². The van der Waals surface area contributed by atoms with Crippen LogP contribution in [0.1, 0.15) is 18.6 Å². The van der Waals surface area contributed by atoms with Crippen molar-refractivity contribution in [3.05, 3.63) is 29.6 Å². The van der Waals surface area contributed by atoms with Crippen molar-refractivity contribution in [3.63, 3.8) is 0 Å². The van der Waals surface area contributed by atoms with Gasteiger partial charge in [-0.15, -0.1) is 0 Å². The van der Waals surface area contributed by atoms with Crippen molar-refractivity contribution in [2.45, 2.75) is 13.0 Å². The van der Waals surface area contributed by atoms with Gasteiger partial charge in [0.25, 0.3) is 0 Å². The third-order valence-electron chi connectivity index (χ3n) is 3.00. The smallest absolute Gasteiger partial charge is 0.317 e. The Bertz CT molecular complexity index is 465. The van der Waals surface area contributed by atoms with Crippen molar-refractivity contribution in [2.75, 3.05) is 26.2 Å². The number of urea groups is 1. The van der Waals surface area contributed by atoms with Gasteiger partial charge in [-0.3, -0.25) is 0 Å². The van der Waals surface area contributed by atoms with Crippen molar-refractivity contribution in [3.8, 4) is 5.75 Å². The van der Waals surface area contributed by atoms with Gasteiger partial charge in [0.05, 0.1) is 12.6 Å². The second kappa shape index (κ2) is 5.88. The summed E-state index contributed by atoms with van der Waals surface area (Å²) in [6.45, 7) is 3.50. The first-order valence-corrected chi connectivity index (χ1v) is 6.21. The van der Waals surface area contributed by atoms with Crippen LogP contribution in [0.5, 0.6) is 5.75 Å². The molecule has 6 heteroatoms. The first-order chi connectivity index (χ1) is 9.08. The molecule has 0 bridgehead atoms. The van der Waals surface area contributed by atoms with Gasteiger partial charge in [0.2, 0.25) is 0 Å². The summed E-state index contributed by atoms with van der Waals surface area (Å²) in [7, 11) is 0. The normalized spacial score (nSPS) is 16.4. The molecule has 1 unspecified atom stereocenters. The maximum Gasteiger partial charge on any atom is 0.317 e. The van der Waals surface area contributed by atoms with Gasteiger partial charge in [-0.05, 0) is 24.6 Å². The van der Waals surface area contributed by atoms with E-state index in [1.807, 2.05) is 0 Å². The number of aliphatic hydroxyl groups excluding tert-OH is 1. The number of hydrogen-bond donors (Lipinski definition) is 2. The summed E-state index contributed by atoms with van der Waals surface area (Å²) >= 11 is 0. The Morgan fingerprint density at radius 1 is 1.58 bits per heavy atom. The van der Waals surface area contributed by atoms with Crippen LogP contribution in [0, 0.1) is 5.82 Å². The molecule has 1 atom stereocenters. The van der Waals surface area contributed by atoms with E-state index in [1.54, 1.807) is 17.9 Å². The van der Waals surface area contributed by atoms with Gasteiger partial charge in [0.1, 0.15) is 6.61 Å². The highest BCUT2D eigenvalue weighted by molar-refractivity contribution is 5.76. The predicted molar refractivity (Wildman–Crippen MR) is 67.5 cm³/mol. The molecule has 104 valence electrons. The van der Waals surface area contributed by atoms with Crippen molar-refractivity contribution in [2.24, 2.45) is 0 Å². The van der Waals surface area contributed by atoms with Crippen LogP contribution in [0.4, 0.5) is 9.18 Å². The first kappa shape index (κ1) is 13.6. The van der Waals surface area contributed by atoms with E-state index in [4.69, 9.17) is 4.74 Å². The van der Waals surface area contributed by atoms with Gasteiger partial charge in [-0.25, -0.2) is 9.18 Å². The van der Waals surface area contributed by atoms with Crippen LogP contribution >= 0.6 is 0 Å². The molecule has 1 aromatic carbocycles. The summed E-state index contributed by atoms with van der Waals surface area (Å²) in [5, 5.41) is 12.0. The third-order valence-corrected chi connectivity index (χ3v) is 3.00. The number of hydrogen-bond acceptors (Lipinski definition) is 3. The fourth-order valence-electron chi connectivity index (χ4n) is 1.88. The lowest BCUT2D eigenvalue weighted by Gasteiger charge is -2.15. The number of benzene rings is 1. The topological polar surface area (TPSA) is 61.8 Å². The lowest BCUT2D eigenvalue weighted by atomic mass is 10.1. The Labute approximate surface area is 111 Å². The zero-order valence-corrected chi connectivity index (χ0v) is 10.7. The van der Waals surface area contributed by atoms with Gasteiger partial charge >= 0.3 is 6.03 Å². The van der Waals surface area contributed by atoms with Crippen LogP contribution in [-0.2, 0) is 0 Å². The summed E-state index contributed by atoms with van der Waals surface area (Å²) in [6, 6.07) is 4.24. The van der Waals surface area contributed by atoms with Gasteiger partial charge in [0.15, 0.2) is 11.6 Å². The Morgan fingerprint density at radius 2 is 2.37 bits per heavy atom. The quantitative estimate of drug-likeness (QED) is 0.845. The second-order valence-electron chi connectivity index (χ2n) is 4.43. The van der Waals surface area contributed by atoms with E-state index in [0.29, 0.717) is 25.2 Å². The molecule has 5 nitrogen and oxygen atoms in total. The van der Waals surface area contributed by atoms with Gasteiger partial charge < -0.3 is 20.1 Å². The molecule has 2 rings (SSSR count). The third kappa shape index (κ3) is 3.35.